The Bertz CT molecular complexity index is 717. The molecule has 156 valence electrons. The minimum Gasteiger partial charge on any atom is -0.297 e. The van der Waals surface area contributed by atoms with Gasteiger partial charge in [-0.3, -0.25) is 24.3 Å². The summed E-state index contributed by atoms with van der Waals surface area (Å²) in [5.41, 5.74) is 1.32. The van der Waals surface area contributed by atoms with E-state index in [1.54, 1.807) is 0 Å². The highest BCUT2D eigenvalue weighted by molar-refractivity contribution is 5.97. The SMILES string of the molecule is O=NC1CC(N2C(=O)CCCC2=O)CCC1N1CCN(Cc2ccccc2)CC1. The average Bonchev–Trinajstić information content (AvgIpc) is 2.75. The maximum absolute atomic E-state index is 12.2. The van der Waals surface area contributed by atoms with Crippen LogP contribution in [0.25, 0.3) is 0 Å². The van der Waals surface area contributed by atoms with Crippen molar-refractivity contribution in [3.8, 4) is 0 Å². The summed E-state index contributed by atoms with van der Waals surface area (Å²) >= 11 is 0. The number of piperazine rings is 1. The number of imide groups is 1. The summed E-state index contributed by atoms with van der Waals surface area (Å²) in [6.07, 6.45) is 3.62. The third-order valence-electron chi connectivity index (χ3n) is 6.70. The van der Waals surface area contributed by atoms with E-state index >= 15 is 0 Å². The van der Waals surface area contributed by atoms with Gasteiger partial charge in [-0.15, -0.1) is 0 Å². The van der Waals surface area contributed by atoms with E-state index in [9.17, 15) is 14.5 Å². The molecular weight excluding hydrogens is 368 g/mol. The lowest BCUT2D eigenvalue weighted by Crippen LogP contribution is -2.57. The van der Waals surface area contributed by atoms with Gasteiger partial charge in [0, 0.05) is 57.6 Å². The van der Waals surface area contributed by atoms with E-state index in [1.807, 2.05) is 6.07 Å². The average molecular weight is 399 g/mol. The monoisotopic (exact) mass is 398 g/mol. The van der Waals surface area contributed by atoms with Gasteiger partial charge in [-0.05, 0) is 31.2 Å². The molecule has 0 radical (unpaired) electrons. The molecule has 3 fully saturated rings. The number of likely N-dealkylation sites (tertiary alicyclic amines) is 1. The number of hydrogen-bond donors (Lipinski definition) is 0. The fourth-order valence-electron chi connectivity index (χ4n) is 5.16. The van der Waals surface area contributed by atoms with Crippen molar-refractivity contribution in [3.05, 3.63) is 40.8 Å². The third-order valence-corrected chi connectivity index (χ3v) is 6.70. The number of nitrogens with zero attached hydrogens (tertiary/aromatic N) is 4. The van der Waals surface area contributed by atoms with Crippen molar-refractivity contribution >= 4 is 11.8 Å². The van der Waals surface area contributed by atoms with Gasteiger partial charge < -0.3 is 0 Å². The largest absolute Gasteiger partial charge is 0.297 e. The van der Waals surface area contributed by atoms with Crippen LogP contribution in [0.2, 0.25) is 0 Å². The van der Waals surface area contributed by atoms with E-state index in [2.05, 4.69) is 39.2 Å². The summed E-state index contributed by atoms with van der Waals surface area (Å²) in [6, 6.07) is 10.1. The lowest BCUT2D eigenvalue weighted by atomic mass is 9.84. The molecule has 3 aliphatic rings. The number of rotatable bonds is 5. The van der Waals surface area contributed by atoms with E-state index in [0.717, 1.165) is 45.6 Å². The highest BCUT2D eigenvalue weighted by Crippen LogP contribution is 2.32. The van der Waals surface area contributed by atoms with E-state index in [0.29, 0.717) is 25.7 Å². The van der Waals surface area contributed by atoms with Gasteiger partial charge in [0.05, 0.1) is 0 Å². The Morgan fingerprint density at radius 3 is 2.28 bits per heavy atom. The molecule has 1 aliphatic carbocycles. The second-order valence-electron chi connectivity index (χ2n) is 8.52. The molecule has 2 heterocycles. The Kier molecular flexibility index (Phi) is 6.35. The van der Waals surface area contributed by atoms with Crippen molar-refractivity contribution in [2.75, 3.05) is 26.2 Å². The summed E-state index contributed by atoms with van der Waals surface area (Å²) in [5, 5.41) is 3.43. The summed E-state index contributed by atoms with van der Waals surface area (Å²) in [5.74, 6) is -0.159. The van der Waals surface area contributed by atoms with Gasteiger partial charge in [0.15, 0.2) is 0 Å². The molecule has 4 rings (SSSR count). The minimum absolute atomic E-state index is 0.0797. The van der Waals surface area contributed by atoms with E-state index in [4.69, 9.17) is 0 Å². The number of amides is 2. The zero-order valence-electron chi connectivity index (χ0n) is 16.9. The van der Waals surface area contributed by atoms with Crippen molar-refractivity contribution in [2.45, 2.75) is 63.2 Å². The molecule has 7 heteroatoms. The van der Waals surface area contributed by atoms with Crippen LogP contribution in [0.15, 0.2) is 35.5 Å². The fourth-order valence-corrected chi connectivity index (χ4v) is 5.16. The van der Waals surface area contributed by atoms with Gasteiger partial charge in [-0.25, -0.2) is 0 Å². The second kappa shape index (κ2) is 9.13. The van der Waals surface area contributed by atoms with Gasteiger partial charge in [-0.1, -0.05) is 35.5 Å². The number of nitroso groups, excluding NO2 is 1. The van der Waals surface area contributed by atoms with Crippen LogP contribution in [-0.2, 0) is 16.1 Å². The number of benzene rings is 1. The fraction of sp³-hybridized carbons (Fsp3) is 0.636. The molecule has 2 amide bonds. The van der Waals surface area contributed by atoms with Gasteiger partial charge >= 0.3 is 0 Å². The normalized spacial score (nSPS) is 29.8. The topological polar surface area (TPSA) is 73.3 Å². The van der Waals surface area contributed by atoms with Crippen LogP contribution in [0.4, 0.5) is 0 Å². The van der Waals surface area contributed by atoms with Crippen LogP contribution in [0.1, 0.15) is 44.1 Å². The predicted octanol–water partition coefficient (Wildman–Crippen LogP) is 2.40. The van der Waals surface area contributed by atoms with E-state index in [1.165, 1.54) is 10.5 Å². The number of carbonyl (C=O) groups is 2. The molecule has 3 atom stereocenters. The van der Waals surface area contributed by atoms with Crippen LogP contribution in [0.3, 0.4) is 0 Å². The van der Waals surface area contributed by atoms with Crippen LogP contribution < -0.4 is 0 Å². The van der Waals surface area contributed by atoms with Gasteiger partial charge in [0.25, 0.3) is 0 Å². The van der Waals surface area contributed by atoms with Crippen molar-refractivity contribution in [1.82, 2.24) is 14.7 Å². The maximum atomic E-state index is 12.2. The third kappa shape index (κ3) is 4.56. The Labute approximate surface area is 172 Å². The second-order valence-corrected chi connectivity index (χ2v) is 8.52. The standard InChI is InChI=1S/C22H30N4O3/c27-21-7-4-8-22(28)26(21)18-9-10-20(19(15-18)23-29)25-13-11-24(12-14-25)16-17-5-2-1-3-6-17/h1-3,5-6,18-20H,4,7-16H2. The molecule has 0 N–H and O–H groups in total. The Morgan fingerprint density at radius 1 is 0.931 bits per heavy atom. The zero-order valence-corrected chi connectivity index (χ0v) is 16.9. The van der Waals surface area contributed by atoms with E-state index in [-0.39, 0.29) is 29.9 Å². The van der Waals surface area contributed by atoms with Crippen molar-refractivity contribution in [2.24, 2.45) is 5.18 Å². The summed E-state index contributed by atoms with van der Waals surface area (Å²) < 4.78 is 0. The van der Waals surface area contributed by atoms with Crippen molar-refractivity contribution < 1.29 is 9.59 Å². The molecule has 0 spiro atoms. The quantitative estimate of drug-likeness (QED) is 0.563. The van der Waals surface area contributed by atoms with Crippen LogP contribution in [-0.4, -0.2) is 70.8 Å². The number of hydrogen-bond acceptors (Lipinski definition) is 6. The molecule has 2 aliphatic heterocycles. The Balaban J connectivity index is 1.32. The summed E-state index contributed by atoms with van der Waals surface area (Å²) in [7, 11) is 0. The van der Waals surface area contributed by atoms with Crippen LogP contribution >= 0.6 is 0 Å². The van der Waals surface area contributed by atoms with Gasteiger partial charge in [0.2, 0.25) is 11.8 Å². The number of carbonyl (C=O) groups excluding carboxylic acids is 2. The van der Waals surface area contributed by atoms with Crippen molar-refractivity contribution in [3.63, 3.8) is 0 Å². The number of piperidine rings is 1. The lowest BCUT2D eigenvalue weighted by molar-refractivity contribution is -0.152. The molecule has 2 saturated heterocycles. The first-order valence-corrected chi connectivity index (χ1v) is 10.8. The lowest BCUT2D eigenvalue weighted by Gasteiger charge is -2.45. The molecule has 7 nitrogen and oxygen atoms in total. The molecule has 1 aromatic carbocycles. The molecule has 3 unspecified atom stereocenters. The van der Waals surface area contributed by atoms with Crippen molar-refractivity contribution in [1.29, 1.82) is 0 Å². The Hall–Kier alpha value is -2.12. The first-order valence-electron chi connectivity index (χ1n) is 10.8. The summed E-state index contributed by atoms with van der Waals surface area (Å²) in [6.45, 7) is 4.76. The highest BCUT2D eigenvalue weighted by atomic mass is 16.3. The molecule has 29 heavy (non-hydrogen) atoms. The first-order chi connectivity index (χ1) is 14.2. The molecule has 0 bridgehead atoms. The van der Waals surface area contributed by atoms with Crippen LogP contribution in [0.5, 0.6) is 0 Å². The maximum Gasteiger partial charge on any atom is 0.229 e. The highest BCUT2D eigenvalue weighted by Gasteiger charge is 2.41. The zero-order chi connectivity index (χ0) is 20.2. The Morgan fingerprint density at radius 2 is 1.62 bits per heavy atom. The molecular formula is C22H30N4O3. The molecule has 0 aromatic heterocycles. The minimum atomic E-state index is -0.350. The van der Waals surface area contributed by atoms with Crippen LogP contribution in [0, 0.1) is 4.91 Å². The smallest absolute Gasteiger partial charge is 0.229 e. The van der Waals surface area contributed by atoms with E-state index < -0.39 is 0 Å². The molecule has 1 saturated carbocycles. The first kappa shape index (κ1) is 20.2. The van der Waals surface area contributed by atoms with Gasteiger partial charge in [0.1, 0.15) is 6.04 Å². The predicted molar refractivity (Wildman–Crippen MR) is 110 cm³/mol. The molecule has 1 aromatic rings. The summed E-state index contributed by atoms with van der Waals surface area (Å²) in [4.78, 5) is 42.4. The van der Waals surface area contributed by atoms with Gasteiger partial charge in [-0.2, -0.15) is 4.91 Å².